The van der Waals surface area contributed by atoms with Crippen molar-refractivity contribution in [1.82, 2.24) is 20.1 Å². The summed E-state index contributed by atoms with van der Waals surface area (Å²) in [6.45, 7) is 1.79. The van der Waals surface area contributed by atoms with Crippen molar-refractivity contribution in [3.05, 3.63) is 42.7 Å². The lowest BCUT2D eigenvalue weighted by Crippen LogP contribution is -2.03. The average molecular weight is 284 g/mol. The molecule has 0 spiro atoms. The lowest BCUT2D eigenvalue weighted by atomic mass is 10.4. The first-order valence-electron chi connectivity index (χ1n) is 6.11. The summed E-state index contributed by atoms with van der Waals surface area (Å²) >= 11 is 0. The summed E-state index contributed by atoms with van der Waals surface area (Å²) in [5, 5.41) is 6.76. The smallest absolute Gasteiger partial charge is 0.248 e. The van der Waals surface area contributed by atoms with Crippen molar-refractivity contribution in [2.75, 3.05) is 11.1 Å². The van der Waals surface area contributed by atoms with Gasteiger partial charge in [-0.05, 0) is 19.1 Å². The highest BCUT2D eigenvalue weighted by Crippen LogP contribution is 2.30. The third kappa shape index (κ3) is 2.89. The standard InChI is InChI=1S/C13H12N6O2/c1-8-5-10(19-21-8)18-12-11(14)13(17-7-16-12)20-9-3-2-4-15-6-9/h2-7H,14H2,1H3,(H,16,17,18,19). The molecule has 0 aliphatic rings. The molecule has 8 heteroatoms. The third-order valence-corrected chi connectivity index (χ3v) is 2.57. The van der Waals surface area contributed by atoms with Crippen LogP contribution in [0.15, 0.2) is 41.4 Å². The van der Waals surface area contributed by atoms with Crippen molar-refractivity contribution in [3.8, 4) is 11.6 Å². The molecular formula is C13H12N6O2. The van der Waals surface area contributed by atoms with Gasteiger partial charge < -0.3 is 20.3 Å². The zero-order chi connectivity index (χ0) is 14.7. The molecule has 21 heavy (non-hydrogen) atoms. The van der Waals surface area contributed by atoms with E-state index in [9.17, 15) is 0 Å². The summed E-state index contributed by atoms with van der Waals surface area (Å²) in [6.07, 6.45) is 4.56. The number of ether oxygens (including phenoxy) is 1. The van der Waals surface area contributed by atoms with Crippen molar-refractivity contribution >= 4 is 17.3 Å². The molecule has 0 aromatic carbocycles. The molecule has 0 fully saturated rings. The minimum absolute atomic E-state index is 0.237. The Morgan fingerprint density at radius 2 is 2.24 bits per heavy atom. The van der Waals surface area contributed by atoms with Crippen LogP contribution in [-0.2, 0) is 0 Å². The quantitative estimate of drug-likeness (QED) is 0.750. The number of nitrogen functional groups attached to an aromatic ring is 1. The van der Waals surface area contributed by atoms with Crippen LogP contribution < -0.4 is 15.8 Å². The number of nitrogens with one attached hydrogen (secondary N) is 1. The summed E-state index contributed by atoms with van der Waals surface area (Å²) in [6, 6.07) is 5.23. The van der Waals surface area contributed by atoms with Crippen LogP contribution in [0.3, 0.4) is 0 Å². The molecule has 0 saturated heterocycles. The fourth-order valence-electron chi connectivity index (χ4n) is 1.63. The first-order chi connectivity index (χ1) is 10.2. The predicted molar refractivity (Wildman–Crippen MR) is 75.3 cm³/mol. The van der Waals surface area contributed by atoms with Crippen molar-refractivity contribution in [2.24, 2.45) is 0 Å². The summed E-state index contributed by atoms with van der Waals surface area (Å²) in [5.74, 6) is 2.34. The van der Waals surface area contributed by atoms with Crippen molar-refractivity contribution in [2.45, 2.75) is 6.92 Å². The SMILES string of the molecule is Cc1cc(Nc2ncnc(Oc3cccnc3)c2N)no1. The van der Waals surface area contributed by atoms with E-state index >= 15 is 0 Å². The molecule has 0 radical (unpaired) electrons. The van der Waals surface area contributed by atoms with Crippen molar-refractivity contribution in [3.63, 3.8) is 0 Å². The van der Waals surface area contributed by atoms with Gasteiger partial charge in [0.15, 0.2) is 11.6 Å². The zero-order valence-electron chi connectivity index (χ0n) is 11.1. The molecule has 3 N–H and O–H groups in total. The van der Waals surface area contributed by atoms with Crippen molar-refractivity contribution < 1.29 is 9.26 Å². The maximum absolute atomic E-state index is 5.99. The van der Waals surface area contributed by atoms with Gasteiger partial charge in [-0.2, -0.15) is 4.98 Å². The molecule has 8 nitrogen and oxygen atoms in total. The van der Waals surface area contributed by atoms with Gasteiger partial charge in [-0.1, -0.05) is 5.16 Å². The van der Waals surface area contributed by atoms with Crippen LogP contribution in [0.1, 0.15) is 5.76 Å². The second-order valence-corrected chi connectivity index (χ2v) is 4.18. The highest BCUT2D eigenvalue weighted by atomic mass is 16.5. The van der Waals surface area contributed by atoms with Crippen LogP contribution in [0.2, 0.25) is 0 Å². The molecule has 3 aromatic heterocycles. The summed E-state index contributed by atoms with van der Waals surface area (Å²) in [4.78, 5) is 12.0. The van der Waals surface area contributed by atoms with E-state index in [1.54, 1.807) is 37.5 Å². The maximum Gasteiger partial charge on any atom is 0.248 e. The number of nitrogens with zero attached hydrogens (tertiary/aromatic N) is 4. The van der Waals surface area contributed by atoms with E-state index in [1.165, 1.54) is 6.33 Å². The normalized spacial score (nSPS) is 10.3. The number of aromatic nitrogens is 4. The lowest BCUT2D eigenvalue weighted by Gasteiger charge is -2.09. The van der Waals surface area contributed by atoms with Gasteiger partial charge in [-0.3, -0.25) is 4.98 Å². The summed E-state index contributed by atoms with van der Waals surface area (Å²) in [7, 11) is 0. The second-order valence-electron chi connectivity index (χ2n) is 4.18. The molecule has 0 unspecified atom stereocenters. The van der Waals surface area contributed by atoms with Crippen LogP contribution in [0.4, 0.5) is 17.3 Å². The molecule has 0 aliphatic heterocycles. The maximum atomic E-state index is 5.99. The molecule has 0 saturated carbocycles. The number of hydrogen-bond acceptors (Lipinski definition) is 8. The largest absolute Gasteiger partial charge is 0.435 e. The molecule has 0 bridgehead atoms. The number of rotatable bonds is 4. The highest BCUT2D eigenvalue weighted by molar-refractivity contribution is 5.71. The molecule has 0 aliphatic carbocycles. The number of aryl methyl sites for hydroxylation is 1. The first kappa shape index (κ1) is 12.9. The van der Waals surface area contributed by atoms with Gasteiger partial charge in [0, 0.05) is 12.3 Å². The minimum atomic E-state index is 0.237. The van der Waals surface area contributed by atoms with E-state index in [4.69, 9.17) is 15.0 Å². The van der Waals surface area contributed by atoms with Crippen LogP contribution in [-0.4, -0.2) is 20.1 Å². The minimum Gasteiger partial charge on any atom is -0.435 e. The Morgan fingerprint density at radius 1 is 1.33 bits per heavy atom. The molecule has 106 valence electrons. The molecule has 0 amide bonds. The van der Waals surface area contributed by atoms with Gasteiger partial charge in [0.05, 0.1) is 6.20 Å². The number of nitrogens with two attached hydrogens (primary N) is 1. The Labute approximate surface area is 120 Å². The zero-order valence-corrected chi connectivity index (χ0v) is 11.1. The van der Waals surface area contributed by atoms with Crippen molar-refractivity contribution in [1.29, 1.82) is 0 Å². The summed E-state index contributed by atoms with van der Waals surface area (Å²) < 4.78 is 10.5. The Balaban J connectivity index is 1.85. The van der Waals surface area contributed by atoms with Crippen LogP contribution in [0, 0.1) is 6.92 Å². The fourth-order valence-corrected chi connectivity index (χ4v) is 1.63. The highest BCUT2D eigenvalue weighted by Gasteiger charge is 2.12. The number of anilines is 3. The average Bonchev–Trinajstić information content (AvgIpc) is 2.90. The number of hydrogen-bond donors (Lipinski definition) is 2. The van der Waals surface area contributed by atoms with Gasteiger partial charge in [-0.25, -0.2) is 4.98 Å². The van der Waals surface area contributed by atoms with Crippen LogP contribution >= 0.6 is 0 Å². The molecule has 0 atom stereocenters. The predicted octanol–water partition coefficient (Wildman–Crippen LogP) is 2.29. The van der Waals surface area contributed by atoms with Crippen LogP contribution in [0.5, 0.6) is 11.6 Å². The van der Waals surface area contributed by atoms with E-state index in [2.05, 4.69) is 25.4 Å². The molecule has 3 heterocycles. The monoisotopic (exact) mass is 284 g/mol. The Morgan fingerprint density at radius 3 is 2.95 bits per heavy atom. The van der Waals surface area contributed by atoms with E-state index in [0.29, 0.717) is 23.1 Å². The Kier molecular flexibility index (Phi) is 3.34. The van der Waals surface area contributed by atoms with E-state index in [-0.39, 0.29) is 11.6 Å². The van der Waals surface area contributed by atoms with Gasteiger partial charge in [0.1, 0.15) is 23.5 Å². The van der Waals surface area contributed by atoms with Gasteiger partial charge in [0.25, 0.3) is 0 Å². The second kappa shape index (κ2) is 5.45. The fraction of sp³-hybridized carbons (Fsp3) is 0.0769. The number of pyridine rings is 1. The van der Waals surface area contributed by atoms with Gasteiger partial charge in [-0.15, -0.1) is 0 Å². The van der Waals surface area contributed by atoms with E-state index in [1.807, 2.05) is 0 Å². The Hall–Kier alpha value is -3.16. The lowest BCUT2D eigenvalue weighted by molar-refractivity contribution is 0.400. The summed E-state index contributed by atoms with van der Waals surface area (Å²) in [5.41, 5.74) is 6.26. The van der Waals surface area contributed by atoms with Crippen LogP contribution in [0.25, 0.3) is 0 Å². The van der Waals surface area contributed by atoms with E-state index in [0.717, 1.165) is 0 Å². The van der Waals surface area contributed by atoms with Gasteiger partial charge in [0.2, 0.25) is 5.88 Å². The molecule has 3 aromatic rings. The third-order valence-electron chi connectivity index (χ3n) is 2.57. The van der Waals surface area contributed by atoms with Gasteiger partial charge >= 0.3 is 0 Å². The topological polar surface area (TPSA) is 112 Å². The molecular weight excluding hydrogens is 272 g/mol. The molecule has 3 rings (SSSR count). The Bertz CT molecular complexity index is 743. The van der Waals surface area contributed by atoms with E-state index < -0.39 is 0 Å². The first-order valence-corrected chi connectivity index (χ1v) is 6.11.